The Hall–Kier alpha value is -3.59. The highest BCUT2D eigenvalue weighted by Gasteiger charge is 2.38. The predicted octanol–water partition coefficient (Wildman–Crippen LogP) is 5.21. The monoisotopic (exact) mass is 390 g/mol. The van der Waals surface area contributed by atoms with E-state index in [-0.39, 0.29) is 11.2 Å². The van der Waals surface area contributed by atoms with Gasteiger partial charge in [-0.1, -0.05) is 48.6 Å². The molecule has 2 aromatic heterocycles. The number of aromatic nitrogens is 2. The minimum absolute atomic E-state index is 0.118. The maximum Gasteiger partial charge on any atom is 0.193 e. The van der Waals surface area contributed by atoms with Crippen molar-refractivity contribution in [2.45, 2.75) is 24.7 Å². The SMILES string of the molecule is O=C1C2=CC=CCC2=CC(Cc2ccncc2)(Cc2ccncc2)c2ccccc21. The zero-order chi connectivity index (χ0) is 20.4. The van der Waals surface area contributed by atoms with Gasteiger partial charge < -0.3 is 0 Å². The van der Waals surface area contributed by atoms with Crippen LogP contribution in [0.5, 0.6) is 0 Å². The molecule has 0 N–H and O–H groups in total. The third kappa shape index (κ3) is 3.33. The molecule has 0 spiro atoms. The molecule has 2 aliphatic rings. The van der Waals surface area contributed by atoms with Gasteiger partial charge in [0.25, 0.3) is 0 Å². The quantitative estimate of drug-likeness (QED) is 0.614. The van der Waals surface area contributed by atoms with E-state index in [0.717, 1.165) is 41.5 Å². The van der Waals surface area contributed by atoms with E-state index in [1.165, 1.54) is 11.1 Å². The molecule has 0 atom stereocenters. The number of Topliss-reactive ketones (excluding diaryl/α,β-unsaturated/α-hetero) is 1. The van der Waals surface area contributed by atoms with Crippen molar-refractivity contribution in [2.75, 3.05) is 0 Å². The number of pyridine rings is 2. The molecule has 3 nitrogen and oxygen atoms in total. The zero-order valence-electron chi connectivity index (χ0n) is 16.7. The van der Waals surface area contributed by atoms with Crippen molar-refractivity contribution >= 4 is 5.78 Å². The van der Waals surface area contributed by atoms with Gasteiger partial charge in [0, 0.05) is 41.3 Å². The molecule has 0 radical (unpaired) electrons. The van der Waals surface area contributed by atoms with E-state index >= 15 is 0 Å². The lowest BCUT2D eigenvalue weighted by Gasteiger charge is -2.33. The minimum Gasteiger partial charge on any atom is -0.289 e. The van der Waals surface area contributed by atoms with Gasteiger partial charge >= 0.3 is 0 Å². The topological polar surface area (TPSA) is 42.9 Å². The maximum atomic E-state index is 13.5. The van der Waals surface area contributed by atoms with Gasteiger partial charge in [-0.05, 0) is 65.8 Å². The Balaban J connectivity index is 1.76. The van der Waals surface area contributed by atoms with Crippen LogP contribution < -0.4 is 0 Å². The summed E-state index contributed by atoms with van der Waals surface area (Å²) in [7, 11) is 0. The summed E-state index contributed by atoms with van der Waals surface area (Å²) in [5, 5.41) is 0. The molecular weight excluding hydrogens is 368 g/mol. The Kier molecular flexibility index (Phi) is 4.72. The minimum atomic E-state index is -0.342. The molecule has 0 aliphatic heterocycles. The second kappa shape index (κ2) is 7.68. The molecule has 0 unspecified atom stereocenters. The fourth-order valence-corrected chi connectivity index (χ4v) is 4.69. The molecule has 1 aromatic carbocycles. The van der Waals surface area contributed by atoms with Crippen molar-refractivity contribution in [3.05, 3.63) is 131 Å². The van der Waals surface area contributed by atoms with Crippen LogP contribution in [-0.4, -0.2) is 15.8 Å². The fraction of sp³-hybridized carbons (Fsp3) is 0.148. The third-order valence-electron chi connectivity index (χ3n) is 6.02. The smallest absolute Gasteiger partial charge is 0.193 e. The number of nitrogens with zero attached hydrogens (tertiary/aromatic N) is 2. The van der Waals surface area contributed by atoms with Crippen LogP contribution in [0.1, 0.15) is 33.5 Å². The number of allylic oxidation sites excluding steroid dienone is 6. The van der Waals surface area contributed by atoms with Crippen LogP contribution in [0, 0.1) is 0 Å². The number of hydrogen-bond acceptors (Lipinski definition) is 3. The highest BCUT2D eigenvalue weighted by molar-refractivity contribution is 6.13. The van der Waals surface area contributed by atoms with Crippen LogP contribution in [0.25, 0.3) is 0 Å². The lowest BCUT2D eigenvalue weighted by atomic mass is 9.69. The molecule has 0 bridgehead atoms. The Labute approximate surface area is 176 Å². The molecule has 0 amide bonds. The third-order valence-corrected chi connectivity index (χ3v) is 6.02. The lowest BCUT2D eigenvalue weighted by molar-refractivity contribution is 0.103. The van der Waals surface area contributed by atoms with Crippen molar-refractivity contribution in [3.63, 3.8) is 0 Å². The van der Waals surface area contributed by atoms with Crippen molar-refractivity contribution < 1.29 is 4.79 Å². The molecular formula is C27H22N2O. The molecule has 0 saturated heterocycles. The highest BCUT2D eigenvalue weighted by Crippen LogP contribution is 2.42. The maximum absolute atomic E-state index is 13.5. The second-order valence-corrected chi connectivity index (χ2v) is 7.98. The summed E-state index contributed by atoms with van der Waals surface area (Å²) in [6, 6.07) is 16.4. The number of carbonyl (C=O) groups is 1. The van der Waals surface area contributed by atoms with Crippen LogP contribution in [0.3, 0.4) is 0 Å². The Morgan fingerprint density at radius 2 is 1.47 bits per heavy atom. The van der Waals surface area contributed by atoms with Gasteiger partial charge in [-0.15, -0.1) is 0 Å². The summed E-state index contributed by atoms with van der Waals surface area (Å²) in [5.74, 6) is 0.118. The highest BCUT2D eigenvalue weighted by atomic mass is 16.1. The Bertz CT molecular complexity index is 1130. The Morgan fingerprint density at radius 3 is 2.13 bits per heavy atom. The largest absolute Gasteiger partial charge is 0.289 e. The molecule has 2 aliphatic carbocycles. The van der Waals surface area contributed by atoms with Gasteiger partial charge in [0.15, 0.2) is 5.78 Å². The van der Waals surface area contributed by atoms with Crippen LogP contribution in [-0.2, 0) is 18.3 Å². The molecule has 146 valence electrons. The van der Waals surface area contributed by atoms with Gasteiger partial charge in [0.1, 0.15) is 0 Å². The first-order valence-corrected chi connectivity index (χ1v) is 10.3. The second-order valence-electron chi connectivity index (χ2n) is 7.98. The van der Waals surface area contributed by atoms with E-state index < -0.39 is 0 Å². The van der Waals surface area contributed by atoms with E-state index in [4.69, 9.17) is 0 Å². The van der Waals surface area contributed by atoms with Gasteiger partial charge in [-0.25, -0.2) is 0 Å². The van der Waals surface area contributed by atoms with Gasteiger partial charge in [0.2, 0.25) is 0 Å². The number of benzene rings is 1. The molecule has 0 fully saturated rings. The number of carbonyl (C=O) groups excluding carboxylic acids is 1. The van der Waals surface area contributed by atoms with E-state index in [1.54, 1.807) is 0 Å². The number of hydrogen-bond donors (Lipinski definition) is 0. The first-order valence-electron chi connectivity index (χ1n) is 10.3. The fourth-order valence-electron chi connectivity index (χ4n) is 4.69. The normalized spacial score (nSPS) is 16.7. The first-order chi connectivity index (χ1) is 14.8. The predicted molar refractivity (Wildman–Crippen MR) is 118 cm³/mol. The van der Waals surface area contributed by atoms with Crippen LogP contribution in [0.2, 0.25) is 0 Å². The first kappa shape index (κ1) is 18.4. The summed E-state index contributed by atoms with van der Waals surface area (Å²) < 4.78 is 0. The lowest BCUT2D eigenvalue weighted by Crippen LogP contribution is -2.31. The number of fused-ring (bicyclic) bond motifs is 2. The average molecular weight is 390 g/mol. The summed E-state index contributed by atoms with van der Waals surface area (Å²) in [6.07, 6.45) is 18.2. The van der Waals surface area contributed by atoms with Crippen molar-refractivity contribution in [1.82, 2.24) is 9.97 Å². The van der Waals surface area contributed by atoms with Crippen LogP contribution in [0.4, 0.5) is 0 Å². The van der Waals surface area contributed by atoms with Crippen molar-refractivity contribution in [2.24, 2.45) is 0 Å². The molecule has 5 rings (SSSR count). The molecule has 30 heavy (non-hydrogen) atoms. The summed E-state index contributed by atoms with van der Waals surface area (Å²) in [4.78, 5) is 21.9. The number of ketones is 1. The Morgan fingerprint density at radius 1 is 0.833 bits per heavy atom. The van der Waals surface area contributed by atoms with Crippen LogP contribution in [0.15, 0.2) is 109 Å². The van der Waals surface area contributed by atoms with Gasteiger partial charge in [0.05, 0.1) is 0 Å². The average Bonchev–Trinajstić information content (AvgIpc) is 2.89. The van der Waals surface area contributed by atoms with E-state index in [0.29, 0.717) is 0 Å². The molecule has 3 heteroatoms. The van der Waals surface area contributed by atoms with Crippen LogP contribution >= 0.6 is 0 Å². The van der Waals surface area contributed by atoms with E-state index in [2.05, 4.69) is 52.5 Å². The van der Waals surface area contributed by atoms with E-state index in [1.807, 2.05) is 55.1 Å². The molecule has 3 aromatic rings. The van der Waals surface area contributed by atoms with Gasteiger partial charge in [-0.3, -0.25) is 14.8 Å². The molecule has 0 saturated carbocycles. The molecule has 2 heterocycles. The standard InChI is InChI=1S/C27H22N2O/c30-26-23-6-2-1-5-22(23)19-27(17-20-9-13-28-14-10-20,18-21-11-15-29-16-12-21)25-8-4-3-7-24(25)26/h1-4,6-16,19H,5,17-18H2. The van der Waals surface area contributed by atoms with Crippen molar-refractivity contribution in [3.8, 4) is 0 Å². The number of rotatable bonds is 4. The summed E-state index contributed by atoms with van der Waals surface area (Å²) >= 11 is 0. The summed E-state index contributed by atoms with van der Waals surface area (Å²) in [5.41, 5.74) is 5.89. The van der Waals surface area contributed by atoms with Gasteiger partial charge in [-0.2, -0.15) is 0 Å². The zero-order valence-corrected chi connectivity index (χ0v) is 16.7. The summed E-state index contributed by atoms with van der Waals surface area (Å²) in [6.45, 7) is 0. The van der Waals surface area contributed by atoms with Crippen molar-refractivity contribution in [1.29, 1.82) is 0 Å². The van der Waals surface area contributed by atoms with E-state index in [9.17, 15) is 4.79 Å².